The molecule has 0 spiro atoms. The van der Waals surface area contributed by atoms with E-state index in [0.717, 1.165) is 18.7 Å². The molecule has 0 aliphatic heterocycles. The minimum absolute atomic E-state index is 0.0445. The van der Waals surface area contributed by atoms with Crippen LogP contribution in [0, 0.1) is 0 Å². The maximum atomic E-state index is 13.7. The van der Waals surface area contributed by atoms with E-state index in [1.165, 1.54) is 4.68 Å². The van der Waals surface area contributed by atoms with Crippen LogP contribution in [0.15, 0.2) is 16.8 Å². The van der Waals surface area contributed by atoms with Crippen molar-refractivity contribution < 1.29 is 30.9 Å². The highest BCUT2D eigenvalue weighted by Crippen LogP contribution is 2.37. The third kappa shape index (κ3) is 4.22. The van der Waals surface area contributed by atoms with E-state index in [1.54, 1.807) is 20.8 Å². The number of hydrogen-bond donors (Lipinski definition) is 0. The van der Waals surface area contributed by atoms with Gasteiger partial charge < -0.3 is 4.52 Å². The minimum Gasteiger partial charge on any atom is -0.337 e. The first-order valence-corrected chi connectivity index (χ1v) is 11.2. The van der Waals surface area contributed by atoms with Crippen LogP contribution in [-0.4, -0.2) is 34.5 Å². The molecule has 4 heterocycles. The fourth-order valence-corrected chi connectivity index (χ4v) is 4.29. The Hall–Kier alpha value is -3.45. The SMILES string of the molecule is CC(C)(C)c1cc(C(F)(F)F)n2ncc(-c3noc(Cn4nc(C(F)(F)F)c5c4CCCC5)n3)c2n1. The molecule has 0 saturated heterocycles. The second-order valence-electron chi connectivity index (χ2n) is 9.72. The van der Waals surface area contributed by atoms with Crippen LogP contribution in [0.2, 0.25) is 0 Å². The number of rotatable bonds is 3. The lowest BCUT2D eigenvalue weighted by molar-refractivity contribution is -0.143. The van der Waals surface area contributed by atoms with Gasteiger partial charge in [0.1, 0.15) is 12.2 Å². The fraction of sp³-hybridized carbons (Fsp3) is 0.500. The van der Waals surface area contributed by atoms with Gasteiger partial charge in [0.2, 0.25) is 11.7 Å². The van der Waals surface area contributed by atoms with Gasteiger partial charge in [-0.1, -0.05) is 25.9 Å². The van der Waals surface area contributed by atoms with Crippen molar-refractivity contribution in [2.75, 3.05) is 0 Å². The summed E-state index contributed by atoms with van der Waals surface area (Å²) in [6, 6.07) is 0.949. The van der Waals surface area contributed by atoms with Crippen LogP contribution in [0.4, 0.5) is 26.3 Å². The maximum Gasteiger partial charge on any atom is 0.435 e. The molecule has 4 aromatic heterocycles. The second-order valence-corrected chi connectivity index (χ2v) is 9.72. The number of hydrogen-bond acceptors (Lipinski definition) is 6. The Morgan fingerprint density at radius 2 is 1.69 bits per heavy atom. The number of alkyl halides is 6. The Bertz CT molecular complexity index is 1440. The molecule has 0 saturated carbocycles. The van der Waals surface area contributed by atoms with Crippen molar-refractivity contribution in [3.63, 3.8) is 0 Å². The van der Waals surface area contributed by atoms with Crippen molar-refractivity contribution in [1.29, 1.82) is 0 Å². The quantitative estimate of drug-likeness (QED) is 0.349. The van der Waals surface area contributed by atoms with Crippen molar-refractivity contribution >= 4 is 5.65 Å². The smallest absolute Gasteiger partial charge is 0.337 e. The highest BCUT2D eigenvalue weighted by molar-refractivity contribution is 5.72. The van der Waals surface area contributed by atoms with E-state index < -0.39 is 29.2 Å². The van der Waals surface area contributed by atoms with Gasteiger partial charge in [0.05, 0.1) is 17.5 Å². The van der Waals surface area contributed by atoms with E-state index in [1.807, 2.05) is 0 Å². The summed E-state index contributed by atoms with van der Waals surface area (Å²) in [5.74, 6) is -0.124. The fourth-order valence-electron chi connectivity index (χ4n) is 4.29. The number of fused-ring (bicyclic) bond motifs is 2. The van der Waals surface area contributed by atoms with E-state index in [0.29, 0.717) is 23.1 Å². The molecule has 14 heteroatoms. The molecule has 0 bridgehead atoms. The van der Waals surface area contributed by atoms with E-state index in [4.69, 9.17) is 4.52 Å². The molecule has 1 aliphatic carbocycles. The molecule has 0 N–H and O–H groups in total. The molecule has 0 aromatic carbocycles. The van der Waals surface area contributed by atoms with Crippen LogP contribution < -0.4 is 0 Å². The zero-order valence-electron chi connectivity index (χ0n) is 19.5. The minimum atomic E-state index is -4.69. The number of nitrogens with zero attached hydrogens (tertiary/aromatic N) is 7. The molecule has 1 aliphatic rings. The van der Waals surface area contributed by atoms with Gasteiger partial charge in [-0.25, -0.2) is 9.50 Å². The van der Waals surface area contributed by atoms with Crippen molar-refractivity contribution in [1.82, 2.24) is 34.5 Å². The summed E-state index contributed by atoms with van der Waals surface area (Å²) in [5, 5.41) is 11.4. The first-order chi connectivity index (χ1) is 16.7. The summed E-state index contributed by atoms with van der Waals surface area (Å²) in [7, 11) is 0. The molecule has 0 atom stereocenters. The monoisotopic (exact) mass is 513 g/mol. The average molecular weight is 513 g/mol. The van der Waals surface area contributed by atoms with Crippen molar-refractivity contribution in [2.45, 2.75) is 70.8 Å². The van der Waals surface area contributed by atoms with E-state index in [-0.39, 0.29) is 47.1 Å². The molecule has 0 radical (unpaired) electrons. The maximum absolute atomic E-state index is 13.7. The highest BCUT2D eigenvalue weighted by Gasteiger charge is 2.40. The number of aromatic nitrogens is 7. The van der Waals surface area contributed by atoms with Crippen LogP contribution in [0.1, 0.15) is 67.8 Å². The lowest BCUT2D eigenvalue weighted by Crippen LogP contribution is -2.20. The molecular formula is C22H21F6N7O. The van der Waals surface area contributed by atoms with Gasteiger partial charge in [-0.15, -0.1) is 0 Å². The zero-order valence-corrected chi connectivity index (χ0v) is 19.5. The van der Waals surface area contributed by atoms with Gasteiger partial charge in [0.15, 0.2) is 11.3 Å². The first-order valence-electron chi connectivity index (χ1n) is 11.2. The first kappa shape index (κ1) is 24.3. The van der Waals surface area contributed by atoms with Crippen LogP contribution in [0.5, 0.6) is 0 Å². The Morgan fingerprint density at radius 1 is 0.972 bits per heavy atom. The van der Waals surface area contributed by atoms with Crippen molar-refractivity contribution in [3.05, 3.63) is 46.5 Å². The average Bonchev–Trinajstić information content (AvgIpc) is 3.48. The van der Waals surface area contributed by atoms with Gasteiger partial charge in [0.25, 0.3) is 0 Å². The lowest BCUT2D eigenvalue weighted by Gasteiger charge is -2.20. The van der Waals surface area contributed by atoms with Gasteiger partial charge in [-0.05, 0) is 31.7 Å². The summed E-state index contributed by atoms with van der Waals surface area (Å²) in [6.45, 7) is 4.98. The molecule has 0 amide bonds. The molecular weight excluding hydrogens is 492 g/mol. The molecule has 8 nitrogen and oxygen atoms in total. The van der Waals surface area contributed by atoms with Crippen LogP contribution in [-0.2, 0) is 37.2 Å². The number of halogens is 6. The normalized spacial score (nSPS) is 15.0. The third-order valence-corrected chi connectivity index (χ3v) is 6.05. The van der Waals surface area contributed by atoms with Gasteiger partial charge in [-0.2, -0.15) is 41.5 Å². The lowest BCUT2D eigenvalue weighted by atomic mass is 9.91. The molecule has 5 rings (SSSR count). The van der Waals surface area contributed by atoms with Gasteiger partial charge in [0, 0.05) is 16.7 Å². The highest BCUT2D eigenvalue weighted by atomic mass is 19.4. The largest absolute Gasteiger partial charge is 0.435 e. The summed E-state index contributed by atoms with van der Waals surface area (Å²) in [4.78, 5) is 8.58. The molecule has 36 heavy (non-hydrogen) atoms. The Labute approximate surface area is 200 Å². The van der Waals surface area contributed by atoms with Crippen LogP contribution >= 0.6 is 0 Å². The van der Waals surface area contributed by atoms with Crippen molar-refractivity contribution in [2.24, 2.45) is 0 Å². The summed E-state index contributed by atoms with van der Waals surface area (Å²) in [5.41, 5.74) is -1.80. The summed E-state index contributed by atoms with van der Waals surface area (Å²) in [6.07, 6.45) is -6.03. The summed E-state index contributed by atoms with van der Waals surface area (Å²) >= 11 is 0. The second kappa shape index (κ2) is 8.03. The Morgan fingerprint density at radius 3 is 2.36 bits per heavy atom. The van der Waals surface area contributed by atoms with E-state index in [2.05, 4.69) is 25.3 Å². The van der Waals surface area contributed by atoms with Crippen LogP contribution in [0.25, 0.3) is 17.0 Å². The van der Waals surface area contributed by atoms with Gasteiger partial charge in [-0.3, -0.25) is 4.68 Å². The predicted octanol–water partition coefficient (Wildman–Crippen LogP) is 5.24. The van der Waals surface area contributed by atoms with E-state index in [9.17, 15) is 26.3 Å². The van der Waals surface area contributed by atoms with E-state index >= 15 is 0 Å². The molecule has 0 unspecified atom stereocenters. The van der Waals surface area contributed by atoms with Crippen LogP contribution in [0.3, 0.4) is 0 Å². The molecule has 192 valence electrons. The Balaban J connectivity index is 1.55. The van der Waals surface area contributed by atoms with Crippen molar-refractivity contribution in [3.8, 4) is 11.4 Å². The zero-order chi connectivity index (χ0) is 26.0. The predicted molar refractivity (Wildman–Crippen MR) is 113 cm³/mol. The topological polar surface area (TPSA) is 86.9 Å². The summed E-state index contributed by atoms with van der Waals surface area (Å²) < 4.78 is 88.8. The molecule has 0 fully saturated rings. The molecule has 4 aromatic rings. The standard InChI is InChI=1S/C22H21F6N7O/c1-20(2,3)14-8-15(21(23,24)25)35-19(30-14)12(9-29-35)18-31-16(36-33-18)10-34-13-7-5-4-6-11(13)17(32-34)22(26,27)28/h8-9H,4-7,10H2,1-3H3. The van der Waals surface area contributed by atoms with Gasteiger partial charge >= 0.3 is 12.4 Å². The third-order valence-electron chi connectivity index (χ3n) is 6.05. The Kier molecular flexibility index (Phi) is 5.41.